The fourth-order valence-electron chi connectivity index (χ4n) is 3.68. The van der Waals surface area contributed by atoms with E-state index in [1.54, 1.807) is 11.3 Å². The smallest absolute Gasteiger partial charge is 0.243 e. The Morgan fingerprint density at radius 3 is 2.59 bits per heavy atom. The fraction of sp³-hybridized carbons (Fsp3) is 0.261. The normalized spacial score (nSPS) is 15.4. The molecule has 1 aliphatic heterocycles. The van der Waals surface area contributed by atoms with Crippen LogP contribution in [0.15, 0.2) is 66.0 Å². The summed E-state index contributed by atoms with van der Waals surface area (Å²) in [4.78, 5) is 16.3. The van der Waals surface area contributed by atoms with Gasteiger partial charge in [0, 0.05) is 17.1 Å². The van der Waals surface area contributed by atoms with E-state index in [0.717, 1.165) is 18.7 Å². The summed E-state index contributed by atoms with van der Waals surface area (Å²) >= 11 is 1.72. The second-order valence-corrected chi connectivity index (χ2v) is 8.10. The van der Waals surface area contributed by atoms with E-state index in [1.807, 2.05) is 30.0 Å². The van der Waals surface area contributed by atoms with Gasteiger partial charge < -0.3 is 4.90 Å². The van der Waals surface area contributed by atoms with Gasteiger partial charge in [-0.2, -0.15) is 0 Å². The highest BCUT2D eigenvalue weighted by Gasteiger charge is 2.29. The molecule has 4 rings (SSSR count). The van der Waals surface area contributed by atoms with Crippen LogP contribution in [0, 0.1) is 6.92 Å². The summed E-state index contributed by atoms with van der Waals surface area (Å²) in [6.45, 7) is 4.82. The number of thiophene rings is 1. The van der Waals surface area contributed by atoms with Crippen molar-refractivity contribution >= 4 is 22.9 Å². The number of carbonyl (C=O) groups is 1. The van der Waals surface area contributed by atoms with Crippen LogP contribution in [0.2, 0.25) is 0 Å². The number of para-hydroxylation sites is 1. The van der Waals surface area contributed by atoms with Gasteiger partial charge in [-0.3, -0.25) is 10.1 Å². The van der Waals surface area contributed by atoms with Crippen LogP contribution in [0.5, 0.6) is 0 Å². The number of nitrogens with zero attached hydrogens (tertiary/aromatic N) is 1. The molecular formula is C23H24N2OS. The van der Waals surface area contributed by atoms with Crippen LogP contribution in [-0.2, 0) is 11.2 Å². The number of amides is 1. The number of hydrogen-bond donors (Lipinski definition) is 1. The van der Waals surface area contributed by atoms with Crippen molar-refractivity contribution in [1.82, 2.24) is 5.32 Å². The van der Waals surface area contributed by atoms with E-state index in [1.165, 1.54) is 21.6 Å². The topological polar surface area (TPSA) is 32.3 Å². The molecule has 0 saturated heterocycles. The molecular weight excluding hydrogens is 352 g/mol. The van der Waals surface area contributed by atoms with Crippen molar-refractivity contribution in [2.45, 2.75) is 32.4 Å². The maximum Gasteiger partial charge on any atom is 0.243 e. The summed E-state index contributed by atoms with van der Waals surface area (Å²) in [7, 11) is 0. The van der Waals surface area contributed by atoms with Crippen LogP contribution in [0.3, 0.4) is 0 Å². The number of benzene rings is 2. The zero-order valence-corrected chi connectivity index (χ0v) is 16.5. The molecule has 4 heteroatoms. The Morgan fingerprint density at radius 1 is 1.07 bits per heavy atom. The summed E-state index contributed by atoms with van der Waals surface area (Å²) in [6.07, 6.45) is 0.931. The first kappa shape index (κ1) is 18.0. The van der Waals surface area contributed by atoms with Crippen LogP contribution in [-0.4, -0.2) is 18.5 Å². The Labute approximate surface area is 164 Å². The summed E-state index contributed by atoms with van der Waals surface area (Å²) < 4.78 is 0. The van der Waals surface area contributed by atoms with Gasteiger partial charge in [-0.25, -0.2) is 0 Å². The van der Waals surface area contributed by atoms with Gasteiger partial charge >= 0.3 is 0 Å². The lowest BCUT2D eigenvalue weighted by atomic mass is 10.0. The number of rotatable bonds is 5. The largest absolute Gasteiger partial charge is 0.310 e. The Hall–Kier alpha value is -2.43. The van der Waals surface area contributed by atoms with E-state index in [9.17, 15) is 4.79 Å². The molecule has 3 nitrogen and oxygen atoms in total. The summed E-state index contributed by atoms with van der Waals surface area (Å²) in [5, 5.41) is 5.67. The van der Waals surface area contributed by atoms with Gasteiger partial charge in [0.25, 0.3) is 0 Å². The number of nitrogens with one attached hydrogen (secondary N) is 1. The molecule has 1 amide bonds. The quantitative estimate of drug-likeness (QED) is 0.699. The van der Waals surface area contributed by atoms with Gasteiger partial charge in [0.2, 0.25) is 5.91 Å². The molecule has 0 spiro atoms. The van der Waals surface area contributed by atoms with Crippen molar-refractivity contribution in [3.8, 4) is 0 Å². The predicted octanol–water partition coefficient (Wildman–Crippen LogP) is 4.71. The van der Waals surface area contributed by atoms with E-state index in [0.29, 0.717) is 0 Å². The maximum atomic E-state index is 13.2. The minimum atomic E-state index is -0.274. The van der Waals surface area contributed by atoms with Crippen LogP contribution < -0.4 is 10.2 Å². The Balaban J connectivity index is 1.56. The zero-order valence-electron chi connectivity index (χ0n) is 15.7. The Bertz CT molecular complexity index is 918. The third-order valence-electron chi connectivity index (χ3n) is 5.18. The lowest BCUT2D eigenvalue weighted by Gasteiger charge is -2.26. The molecule has 27 heavy (non-hydrogen) atoms. The number of fused-ring (bicyclic) bond motifs is 1. The summed E-state index contributed by atoms with van der Waals surface area (Å²) in [5.74, 6) is 0.133. The molecule has 0 bridgehead atoms. The van der Waals surface area contributed by atoms with Crippen LogP contribution >= 0.6 is 11.3 Å². The van der Waals surface area contributed by atoms with Crippen LogP contribution in [0.25, 0.3) is 0 Å². The molecule has 1 aliphatic rings. The van der Waals surface area contributed by atoms with Gasteiger partial charge in [-0.1, -0.05) is 54.1 Å². The molecule has 1 aromatic heterocycles. The highest BCUT2D eigenvalue weighted by molar-refractivity contribution is 7.10. The lowest BCUT2D eigenvalue weighted by molar-refractivity contribution is -0.120. The van der Waals surface area contributed by atoms with Crippen LogP contribution in [0.4, 0.5) is 5.69 Å². The molecule has 0 saturated carbocycles. The van der Waals surface area contributed by atoms with Gasteiger partial charge in [-0.15, -0.1) is 11.3 Å². The number of aryl methyl sites for hydroxylation is 1. The molecule has 0 radical (unpaired) electrons. The second kappa shape index (κ2) is 7.67. The van der Waals surface area contributed by atoms with E-state index < -0.39 is 0 Å². The van der Waals surface area contributed by atoms with Crippen molar-refractivity contribution in [3.05, 3.63) is 87.6 Å². The maximum absolute atomic E-state index is 13.2. The first-order valence-corrected chi connectivity index (χ1v) is 10.3. The SMILES string of the molecule is Cc1ccc([C@@H](N[C@@H](C)C(=O)N2CCc3ccccc32)c2cccs2)cc1. The van der Waals surface area contributed by atoms with Crippen molar-refractivity contribution in [3.63, 3.8) is 0 Å². The average Bonchev–Trinajstić information content (AvgIpc) is 3.36. The van der Waals surface area contributed by atoms with Gasteiger partial charge in [0.05, 0.1) is 12.1 Å². The molecule has 3 aromatic rings. The van der Waals surface area contributed by atoms with E-state index >= 15 is 0 Å². The number of anilines is 1. The Morgan fingerprint density at radius 2 is 1.85 bits per heavy atom. The van der Waals surface area contributed by atoms with E-state index in [4.69, 9.17) is 0 Å². The highest BCUT2D eigenvalue weighted by atomic mass is 32.1. The number of hydrogen-bond acceptors (Lipinski definition) is 3. The van der Waals surface area contributed by atoms with Gasteiger partial charge in [0.1, 0.15) is 0 Å². The van der Waals surface area contributed by atoms with Gasteiger partial charge in [-0.05, 0) is 48.9 Å². The van der Waals surface area contributed by atoms with E-state index in [2.05, 4.69) is 60.1 Å². The summed E-state index contributed by atoms with van der Waals surface area (Å²) in [5.41, 5.74) is 4.73. The third kappa shape index (κ3) is 3.68. The predicted molar refractivity (Wildman–Crippen MR) is 112 cm³/mol. The minimum absolute atomic E-state index is 0.0161. The Kier molecular flexibility index (Phi) is 5.10. The van der Waals surface area contributed by atoms with Crippen molar-refractivity contribution in [2.75, 3.05) is 11.4 Å². The minimum Gasteiger partial charge on any atom is -0.310 e. The molecule has 0 aliphatic carbocycles. The highest BCUT2D eigenvalue weighted by Crippen LogP contribution is 2.30. The number of carbonyl (C=O) groups excluding carboxylic acids is 1. The first-order valence-electron chi connectivity index (χ1n) is 9.39. The van der Waals surface area contributed by atoms with Crippen LogP contribution in [0.1, 0.15) is 34.5 Å². The molecule has 0 fully saturated rings. The average molecular weight is 377 g/mol. The monoisotopic (exact) mass is 376 g/mol. The molecule has 2 atom stereocenters. The van der Waals surface area contributed by atoms with Crippen molar-refractivity contribution < 1.29 is 4.79 Å². The standard InChI is InChI=1S/C23H24N2OS/c1-16-9-11-19(12-10-16)22(21-8-5-15-27-21)24-17(2)23(26)25-14-13-18-6-3-4-7-20(18)25/h3-12,15,17,22,24H,13-14H2,1-2H3/t17-,22+/m0/s1. The van der Waals surface area contributed by atoms with E-state index in [-0.39, 0.29) is 18.0 Å². The van der Waals surface area contributed by atoms with Crippen molar-refractivity contribution in [2.24, 2.45) is 0 Å². The molecule has 1 N–H and O–H groups in total. The molecule has 0 unspecified atom stereocenters. The second-order valence-electron chi connectivity index (χ2n) is 7.12. The summed E-state index contributed by atoms with van der Waals surface area (Å²) in [6, 6.07) is 20.7. The molecule has 2 aromatic carbocycles. The molecule has 2 heterocycles. The zero-order chi connectivity index (χ0) is 18.8. The van der Waals surface area contributed by atoms with Crippen molar-refractivity contribution in [1.29, 1.82) is 0 Å². The molecule has 138 valence electrons. The van der Waals surface area contributed by atoms with Gasteiger partial charge in [0.15, 0.2) is 0 Å². The lowest BCUT2D eigenvalue weighted by Crippen LogP contribution is -2.45. The fourth-order valence-corrected chi connectivity index (χ4v) is 4.49. The first-order chi connectivity index (χ1) is 13.1. The third-order valence-corrected chi connectivity index (χ3v) is 6.12.